The molecule has 3 aromatic rings. The number of β-lactam (4-membered cyclic amide) rings is 1. The van der Waals surface area contributed by atoms with E-state index in [-0.39, 0.29) is 29.5 Å². The highest BCUT2D eigenvalue weighted by Crippen LogP contribution is 2.51. The van der Waals surface area contributed by atoms with E-state index < -0.39 is 34.9 Å². The molecule has 0 spiro atoms. The number of benzene rings is 3. The lowest BCUT2D eigenvalue weighted by Crippen LogP contribution is -2.73. The average molecular weight is 604 g/mol. The number of aliphatic hydroxyl groups excluding tert-OH is 1. The highest BCUT2D eigenvalue weighted by atomic mass is 32.2. The molecule has 2 saturated heterocycles. The Morgan fingerprint density at radius 2 is 1.81 bits per heavy atom. The Morgan fingerprint density at radius 1 is 1.09 bits per heavy atom. The van der Waals surface area contributed by atoms with Gasteiger partial charge in [0.2, 0.25) is 5.91 Å². The summed E-state index contributed by atoms with van der Waals surface area (Å²) in [6.45, 7) is 6.60. The fraction of sp³-hybridized carbons (Fsp3) is 0.364. The van der Waals surface area contributed by atoms with Gasteiger partial charge in [-0.05, 0) is 62.1 Å². The molecule has 0 radical (unpaired) electrons. The van der Waals surface area contributed by atoms with Crippen LogP contribution in [0.4, 0.5) is 0 Å². The molecule has 0 saturated carbocycles. The number of phenols is 1. The Kier molecular flexibility index (Phi) is 8.98. The molecule has 10 heteroatoms. The van der Waals surface area contributed by atoms with Crippen LogP contribution in [0.3, 0.4) is 0 Å². The van der Waals surface area contributed by atoms with Crippen molar-refractivity contribution < 1.29 is 29.3 Å². The summed E-state index contributed by atoms with van der Waals surface area (Å²) in [7, 11) is 0. The monoisotopic (exact) mass is 603 g/mol. The van der Waals surface area contributed by atoms with Gasteiger partial charge in [-0.1, -0.05) is 55.5 Å². The third-order valence-corrected chi connectivity index (χ3v) is 9.58. The van der Waals surface area contributed by atoms with Crippen LogP contribution in [-0.2, 0) is 22.6 Å². The number of carbonyl (C=O) groups excluding carboxylic acids is 3. The highest BCUT2D eigenvalue weighted by Gasteiger charge is 2.65. The van der Waals surface area contributed by atoms with Crippen molar-refractivity contribution in [1.29, 1.82) is 0 Å². The van der Waals surface area contributed by atoms with Gasteiger partial charge in [0.1, 0.15) is 22.4 Å². The molecule has 5 rings (SSSR count). The Balaban J connectivity index is 1.32. The maximum Gasteiger partial charge on any atom is 0.255 e. The standard InChI is InChI=1S/C33H37N3O6S/c1-4-16-42-24-13-8-12-23(17-24)19-36-32(41)29-33(36,3)43-20-35(29)31(40)28(38)26(18-22-10-6-5-7-11-22)34-30(39)25-14-9-15-27(37)21(25)2/h5-15,17,26,28-29,37-38H,4,16,18-20H2,1-3H3,(H,34,39)/t26-,28-,29+,33?/m0/s1. The molecule has 2 heterocycles. The van der Waals surface area contributed by atoms with Gasteiger partial charge in [-0.2, -0.15) is 0 Å². The molecular weight excluding hydrogens is 566 g/mol. The summed E-state index contributed by atoms with van der Waals surface area (Å²) >= 11 is 1.48. The second kappa shape index (κ2) is 12.7. The third kappa shape index (κ3) is 6.07. The van der Waals surface area contributed by atoms with E-state index in [2.05, 4.69) is 5.32 Å². The molecular formula is C33H37N3O6S. The number of carbonyl (C=O) groups is 3. The number of nitrogens with one attached hydrogen (secondary N) is 1. The molecule has 2 aliphatic heterocycles. The first kappa shape index (κ1) is 30.4. The first-order chi connectivity index (χ1) is 20.6. The second-order valence-corrected chi connectivity index (χ2v) is 12.5. The molecule has 1 unspecified atom stereocenters. The Morgan fingerprint density at radius 3 is 2.56 bits per heavy atom. The predicted molar refractivity (Wildman–Crippen MR) is 165 cm³/mol. The number of likely N-dealkylation sites (tertiary alicyclic amines) is 1. The molecule has 3 amide bonds. The van der Waals surface area contributed by atoms with Crippen LogP contribution in [0.25, 0.3) is 0 Å². The summed E-state index contributed by atoms with van der Waals surface area (Å²) in [6.07, 6.45) is -0.512. The number of phenolic OH excluding ortho intramolecular Hbond substituents is 1. The minimum Gasteiger partial charge on any atom is -0.508 e. The number of fused-ring (bicyclic) bond motifs is 1. The largest absolute Gasteiger partial charge is 0.508 e. The molecule has 9 nitrogen and oxygen atoms in total. The number of ether oxygens (including phenoxy) is 1. The van der Waals surface area contributed by atoms with Gasteiger partial charge in [0.15, 0.2) is 6.10 Å². The maximum absolute atomic E-state index is 13.8. The molecule has 2 fully saturated rings. The van der Waals surface area contributed by atoms with E-state index in [1.807, 2.05) is 68.4 Å². The lowest BCUT2D eigenvalue weighted by Gasteiger charge is -2.52. The third-order valence-electron chi connectivity index (χ3n) is 8.14. The van der Waals surface area contributed by atoms with E-state index in [1.54, 1.807) is 24.0 Å². The first-order valence-electron chi connectivity index (χ1n) is 14.4. The van der Waals surface area contributed by atoms with Gasteiger partial charge < -0.3 is 30.1 Å². The summed E-state index contributed by atoms with van der Waals surface area (Å²) in [4.78, 5) is 43.0. The van der Waals surface area contributed by atoms with Crippen molar-refractivity contribution in [2.24, 2.45) is 0 Å². The molecule has 226 valence electrons. The number of rotatable bonds is 11. The van der Waals surface area contributed by atoms with Gasteiger partial charge in [0.25, 0.3) is 11.8 Å². The van der Waals surface area contributed by atoms with Crippen molar-refractivity contribution in [3.63, 3.8) is 0 Å². The zero-order valence-electron chi connectivity index (χ0n) is 24.5. The van der Waals surface area contributed by atoms with Crippen molar-refractivity contribution in [1.82, 2.24) is 15.1 Å². The molecule has 43 heavy (non-hydrogen) atoms. The van der Waals surface area contributed by atoms with E-state index in [0.717, 1.165) is 23.3 Å². The van der Waals surface area contributed by atoms with Crippen LogP contribution in [0.15, 0.2) is 72.8 Å². The van der Waals surface area contributed by atoms with Gasteiger partial charge in [-0.25, -0.2) is 0 Å². The molecule has 2 aliphatic rings. The van der Waals surface area contributed by atoms with Crippen LogP contribution >= 0.6 is 11.8 Å². The normalized spacial score (nSPS) is 20.7. The van der Waals surface area contributed by atoms with Crippen LogP contribution in [0.5, 0.6) is 11.5 Å². The fourth-order valence-corrected chi connectivity index (χ4v) is 7.03. The number of aromatic hydroxyl groups is 1. The molecule has 3 aromatic carbocycles. The minimum absolute atomic E-state index is 0.0227. The van der Waals surface area contributed by atoms with Gasteiger partial charge in [0.05, 0.1) is 18.5 Å². The van der Waals surface area contributed by atoms with Gasteiger partial charge in [-0.15, -0.1) is 11.8 Å². The number of nitrogens with zero attached hydrogens (tertiary/aromatic N) is 2. The molecule has 0 bridgehead atoms. The summed E-state index contributed by atoms with van der Waals surface area (Å²) in [5.74, 6) is -0.356. The van der Waals surface area contributed by atoms with E-state index in [4.69, 9.17) is 4.74 Å². The van der Waals surface area contributed by atoms with Crippen LogP contribution in [0.2, 0.25) is 0 Å². The molecule has 0 aromatic heterocycles. The van der Waals surface area contributed by atoms with Crippen LogP contribution < -0.4 is 10.1 Å². The van der Waals surface area contributed by atoms with Crippen molar-refractivity contribution in [2.75, 3.05) is 12.5 Å². The van der Waals surface area contributed by atoms with E-state index in [0.29, 0.717) is 18.7 Å². The van der Waals surface area contributed by atoms with Gasteiger partial charge >= 0.3 is 0 Å². The quantitative estimate of drug-likeness (QED) is 0.285. The van der Waals surface area contributed by atoms with Gasteiger partial charge in [0, 0.05) is 17.7 Å². The van der Waals surface area contributed by atoms with Crippen molar-refractivity contribution in [3.05, 3.63) is 95.1 Å². The topological polar surface area (TPSA) is 119 Å². The Labute approximate surface area is 255 Å². The number of hydrogen-bond acceptors (Lipinski definition) is 7. The summed E-state index contributed by atoms with van der Waals surface area (Å²) in [6, 6.07) is 19.9. The van der Waals surface area contributed by atoms with Crippen molar-refractivity contribution in [3.8, 4) is 11.5 Å². The SMILES string of the molecule is CCCOc1cccc(CN2C(=O)[C@H]3N(C(=O)[C@@H](O)[C@H](Cc4ccccc4)NC(=O)c4cccc(O)c4C)CSC32C)c1. The van der Waals surface area contributed by atoms with E-state index in [1.165, 1.54) is 22.7 Å². The zero-order valence-corrected chi connectivity index (χ0v) is 25.3. The average Bonchev–Trinajstić information content (AvgIpc) is 3.33. The molecule has 0 aliphatic carbocycles. The van der Waals surface area contributed by atoms with Crippen LogP contribution in [0.1, 0.15) is 47.3 Å². The Bertz CT molecular complexity index is 1500. The van der Waals surface area contributed by atoms with E-state index in [9.17, 15) is 24.6 Å². The minimum atomic E-state index is -1.60. The summed E-state index contributed by atoms with van der Waals surface area (Å²) in [5, 5.41) is 24.3. The summed E-state index contributed by atoms with van der Waals surface area (Å²) < 4.78 is 5.74. The van der Waals surface area contributed by atoms with Crippen molar-refractivity contribution >= 4 is 29.5 Å². The lowest BCUT2D eigenvalue weighted by molar-refractivity contribution is -0.168. The predicted octanol–water partition coefficient (Wildman–Crippen LogP) is 3.85. The Hall–Kier alpha value is -4.02. The first-order valence-corrected chi connectivity index (χ1v) is 15.4. The maximum atomic E-state index is 13.8. The van der Waals surface area contributed by atoms with Crippen LogP contribution in [-0.4, -0.2) is 73.3 Å². The van der Waals surface area contributed by atoms with Crippen molar-refractivity contribution in [2.45, 2.75) is 63.2 Å². The molecule has 3 N–H and O–H groups in total. The fourth-order valence-electron chi connectivity index (χ4n) is 5.66. The van der Waals surface area contributed by atoms with E-state index >= 15 is 0 Å². The van der Waals surface area contributed by atoms with Gasteiger partial charge in [-0.3, -0.25) is 14.4 Å². The number of hydrogen-bond donors (Lipinski definition) is 3. The number of aliphatic hydroxyl groups is 1. The smallest absolute Gasteiger partial charge is 0.255 e. The lowest BCUT2D eigenvalue weighted by atomic mass is 9.92. The number of thioether (sulfide) groups is 1. The second-order valence-electron chi connectivity index (χ2n) is 11.1. The highest BCUT2D eigenvalue weighted by molar-refractivity contribution is 8.01. The summed E-state index contributed by atoms with van der Waals surface area (Å²) in [5.41, 5.74) is 2.40. The number of amides is 3. The zero-order chi connectivity index (χ0) is 30.7. The molecule has 4 atom stereocenters. The van der Waals surface area contributed by atoms with Crippen LogP contribution in [0, 0.1) is 6.92 Å².